The zero-order valence-electron chi connectivity index (χ0n) is 10.2. The molecule has 0 aromatic rings. The van der Waals surface area contributed by atoms with Crippen LogP contribution in [0.2, 0.25) is 0 Å². The van der Waals surface area contributed by atoms with Crippen molar-refractivity contribution < 1.29 is 27.8 Å². The normalized spacial score (nSPS) is 23.7. The van der Waals surface area contributed by atoms with Crippen LogP contribution in [0.3, 0.4) is 0 Å². The summed E-state index contributed by atoms with van der Waals surface area (Å²) in [5.41, 5.74) is 0. The molecule has 0 radical (unpaired) electrons. The predicted octanol–water partition coefficient (Wildman–Crippen LogP) is 1.33. The van der Waals surface area contributed by atoms with Crippen LogP contribution in [-0.2, 0) is 9.53 Å². The van der Waals surface area contributed by atoms with Crippen LogP contribution in [0.25, 0.3) is 0 Å². The average molecular weight is 269 g/mol. The Bertz CT molecular complexity index is 283. The highest BCUT2D eigenvalue weighted by Gasteiger charge is 2.40. The molecule has 1 fully saturated rings. The van der Waals surface area contributed by atoms with Gasteiger partial charge in [0, 0.05) is 12.6 Å². The Hall–Kier alpha value is -0.820. The van der Waals surface area contributed by atoms with Gasteiger partial charge in [0.2, 0.25) is 0 Å². The summed E-state index contributed by atoms with van der Waals surface area (Å²) in [4.78, 5) is 12.7. The van der Waals surface area contributed by atoms with Crippen LogP contribution in [0.5, 0.6) is 0 Å². The fourth-order valence-corrected chi connectivity index (χ4v) is 2.13. The summed E-state index contributed by atoms with van der Waals surface area (Å²) in [6.07, 6.45) is -4.60. The Morgan fingerprint density at radius 2 is 2.17 bits per heavy atom. The quantitative estimate of drug-likeness (QED) is 0.782. The molecule has 106 valence electrons. The molecule has 4 nitrogen and oxygen atoms in total. The first kappa shape index (κ1) is 15.2. The molecule has 1 heterocycles. The maximum Gasteiger partial charge on any atom is 0.415 e. The number of β-amino-alcohol motifs (C(OH)–C–C–N with tert-alkyl or cyclic N) is 1. The number of nitrogens with zero attached hydrogens (tertiary/aromatic N) is 1. The summed E-state index contributed by atoms with van der Waals surface area (Å²) in [5.74, 6) is -0.437. The van der Waals surface area contributed by atoms with Gasteiger partial charge in [0.05, 0.1) is 13.5 Å². The lowest BCUT2D eigenvalue weighted by molar-refractivity contribution is -0.210. The van der Waals surface area contributed by atoms with Crippen molar-refractivity contribution in [2.45, 2.75) is 44.0 Å². The Morgan fingerprint density at radius 1 is 1.50 bits per heavy atom. The minimum atomic E-state index is -4.62. The lowest BCUT2D eigenvalue weighted by Gasteiger charge is -2.36. The highest BCUT2D eigenvalue weighted by Crippen LogP contribution is 2.25. The smallest absolute Gasteiger partial charge is 0.415 e. The monoisotopic (exact) mass is 269 g/mol. The number of alkyl halides is 3. The van der Waals surface area contributed by atoms with Gasteiger partial charge in [-0.2, -0.15) is 13.2 Å². The van der Waals surface area contributed by atoms with Crippen molar-refractivity contribution in [2.75, 3.05) is 20.2 Å². The molecule has 1 N–H and O–H groups in total. The van der Waals surface area contributed by atoms with E-state index in [0.29, 0.717) is 13.0 Å². The van der Waals surface area contributed by atoms with Gasteiger partial charge in [-0.1, -0.05) is 6.42 Å². The molecule has 0 amide bonds. The topological polar surface area (TPSA) is 49.8 Å². The Labute approximate surface area is 104 Å². The van der Waals surface area contributed by atoms with Gasteiger partial charge in [0.15, 0.2) is 6.10 Å². The summed E-state index contributed by atoms with van der Waals surface area (Å²) >= 11 is 0. The van der Waals surface area contributed by atoms with Crippen LogP contribution in [0.15, 0.2) is 0 Å². The van der Waals surface area contributed by atoms with Crippen LogP contribution in [0, 0.1) is 0 Å². The summed E-state index contributed by atoms with van der Waals surface area (Å²) in [6.45, 7) is -0.0139. The Kier molecular flexibility index (Phi) is 5.40. The van der Waals surface area contributed by atoms with Gasteiger partial charge in [-0.25, -0.2) is 0 Å². The van der Waals surface area contributed by atoms with Gasteiger partial charge in [0.25, 0.3) is 0 Å². The van der Waals surface area contributed by atoms with E-state index in [4.69, 9.17) is 5.11 Å². The van der Waals surface area contributed by atoms with Crippen molar-refractivity contribution in [1.29, 1.82) is 0 Å². The number of aliphatic hydroxyl groups is 1. The summed E-state index contributed by atoms with van der Waals surface area (Å²) in [5, 5.41) is 9.06. The number of rotatable bonds is 4. The number of carbonyl (C=O) groups is 1. The number of halogens is 3. The number of ether oxygens (including phenoxy) is 1. The number of hydrogen-bond acceptors (Lipinski definition) is 4. The van der Waals surface area contributed by atoms with Gasteiger partial charge < -0.3 is 9.84 Å². The average Bonchev–Trinajstić information content (AvgIpc) is 2.30. The van der Waals surface area contributed by atoms with E-state index in [9.17, 15) is 18.0 Å². The number of carbonyl (C=O) groups excluding carboxylic acids is 1. The number of methoxy groups -OCH3 is 1. The SMILES string of the molecule is COC(=O)CC1CCCCN1CC(O)C(F)(F)F. The second-order valence-electron chi connectivity index (χ2n) is 4.48. The molecular formula is C11H18F3NO3. The molecule has 0 bridgehead atoms. The highest BCUT2D eigenvalue weighted by molar-refractivity contribution is 5.69. The van der Waals surface area contributed by atoms with E-state index >= 15 is 0 Å². The maximum absolute atomic E-state index is 12.3. The van der Waals surface area contributed by atoms with Crippen LogP contribution in [0.4, 0.5) is 13.2 Å². The number of esters is 1. The first-order chi connectivity index (χ1) is 8.34. The van der Waals surface area contributed by atoms with Crippen molar-refractivity contribution in [3.8, 4) is 0 Å². The summed E-state index contributed by atoms with van der Waals surface area (Å²) in [6, 6.07) is -0.275. The largest absolute Gasteiger partial charge is 0.469 e. The standard InChI is InChI=1S/C11H18F3NO3/c1-18-10(17)6-8-4-2-3-5-15(8)7-9(16)11(12,13)14/h8-9,16H,2-7H2,1H3. The van der Waals surface area contributed by atoms with E-state index in [1.54, 1.807) is 0 Å². The third-order valence-corrected chi connectivity index (χ3v) is 3.16. The predicted molar refractivity (Wildman–Crippen MR) is 57.9 cm³/mol. The van der Waals surface area contributed by atoms with Crippen molar-refractivity contribution in [2.24, 2.45) is 0 Å². The second kappa shape index (κ2) is 6.38. The Balaban J connectivity index is 2.57. The van der Waals surface area contributed by atoms with Gasteiger partial charge in [-0.15, -0.1) is 0 Å². The highest BCUT2D eigenvalue weighted by atomic mass is 19.4. The van der Waals surface area contributed by atoms with E-state index < -0.39 is 24.8 Å². The number of piperidine rings is 1. The summed E-state index contributed by atoms with van der Waals surface area (Å²) < 4.78 is 41.4. The molecule has 1 saturated heterocycles. The summed E-state index contributed by atoms with van der Waals surface area (Å²) in [7, 11) is 1.25. The minimum Gasteiger partial charge on any atom is -0.469 e. The fourth-order valence-electron chi connectivity index (χ4n) is 2.13. The van der Waals surface area contributed by atoms with E-state index in [1.165, 1.54) is 12.0 Å². The van der Waals surface area contributed by atoms with Crippen LogP contribution < -0.4 is 0 Å². The van der Waals surface area contributed by atoms with E-state index in [2.05, 4.69) is 4.74 Å². The van der Waals surface area contributed by atoms with E-state index in [0.717, 1.165) is 12.8 Å². The first-order valence-electron chi connectivity index (χ1n) is 5.90. The van der Waals surface area contributed by atoms with Gasteiger partial charge in [0.1, 0.15) is 0 Å². The van der Waals surface area contributed by atoms with Crippen molar-refractivity contribution in [1.82, 2.24) is 4.90 Å². The molecule has 7 heteroatoms. The lowest BCUT2D eigenvalue weighted by Crippen LogP contribution is -2.48. The van der Waals surface area contributed by atoms with Gasteiger partial charge in [-0.3, -0.25) is 9.69 Å². The van der Waals surface area contributed by atoms with E-state index in [1.807, 2.05) is 0 Å². The van der Waals surface area contributed by atoms with Crippen LogP contribution >= 0.6 is 0 Å². The first-order valence-corrected chi connectivity index (χ1v) is 5.90. The molecular weight excluding hydrogens is 251 g/mol. The molecule has 1 aliphatic heterocycles. The molecule has 18 heavy (non-hydrogen) atoms. The molecule has 0 aliphatic carbocycles. The number of likely N-dealkylation sites (tertiary alicyclic amines) is 1. The number of aliphatic hydroxyl groups excluding tert-OH is 1. The van der Waals surface area contributed by atoms with Crippen molar-refractivity contribution in [3.05, 3.63) is 0 Å². The van der Waals surface area contributed by atoms with Crippen LogP contribution in [-0.4, -0.2) is 54.5 Å². The van der Waals surface area contributed by atoms with E-state index in [-0.39, 0.29) is 12.5 Å². The Morgan fingerprint density at radius 3 is 2.72 bits per heavy atom. The second-order valence-corrected chi connectivity index (χ2v) is 4.48. The maximum atomic E-state index is 12.3. The molecule has 2 unspecified atom stereocenters. The van der Waals surface area contributed by atoms with Crippen LogP contribution in [0.1, 0.15) is 25.7 Å². The molecule has 0 aromatic carbocycles. The van der Waals surface area contributed by atoms with Gasteiger partial charge >= 0.3 is 12.1 Å². The third kappa shape index (κ3) is 4.45. The number of hydrogen-bond donors (Lipinski definition) is 1. The zero-order valence-corrected chi connectivity index (χ0v) is 10.2. The molecule has 0 saturated carbocycles. The van der Waals surface area contributed by atoms with Crippen molar-refractivity contribution >= 4 is 5.97 Å². The zero-order chi connectivity index (χ0) is 13.8. The van der Waals surface area contributed by atoms with Crippen molar-refractivity contribution in [3.63, 3.8) is 0 Å². The molecule has 1 rings (SSSR count). The molecule has 0 aromatic heterocycles. The molecule has 2 atom stereocenters. The van der Waals surface area contributed by atoms with Gasteiger partial charge in [-0.05, 0) is 19.4 Å². The third-order valence-electron chi connectivity index (χ3n) is 3.16. The molecule has 1 aliphatic rings. The minimum absolute atomic E-state index is 0.0705. The lowest BCUT2D eigenvalue weighted by atomic mass is 9.99. The fraction of sp³-hybridized carbons (Fsp3) is 0.909. The molecule has 0 spiro atoms.